The zero-order chi connectivity index (χ0) is 15.8. The van der Waals surface area contributed by atoms with E-state index in [1.165, 1.54) is 6.08 Å². The Balaban J connectivity index is 1.72. The molecule has 0 atom stereocenters. The summed E-state index contributed by atoms with van der Waals surface area (Å²) < 4.78 is 0. The Kier molecular flexibility index (Phi) is 5.54. The van der Waals surface area contributed by atoms with Gasteiger partial charge in [0.2, 0.25) is 5.91 Å². The Hall–Kier alpha value is -2.82. The van der Waals surface area contributed by atoms with Gasteiger partial charge in [0.1, 0.15) is 5.82 Å². The van der Waals surface area contributed by atoms with Crippen molar-refractivity contribution in [2.75, 3.05) is 24.1 Å². The fourth-order valence-electron chi connectivity index (χ4n) is 1.90. The molecule has 0 spiro atoms. The summed E-state index contributed by atoms with van der Waals surface area (Å²) in [6.07, 6.45) is 5.05. The van der Waals surface area contributed by atoms with Crippen LogP contribution in [0.1, 0.15) is 11.1 Å². The second-order valence-electron chi connectivity index (χ2n) is 4.91. The third-order valence-electron chi connectivity index (χ3n) is 3.00. The van der Waals surface area contributed by atoms with E-state index in [0.29, 0.717) is 24.6 Å². The number of hydrogen-bond donors (Lipinski definition) is 3. The number of carbonyl (C=O) groups excluding carboxylic acids is 1. The van der Waals surface area contributed by atoms with Crippen LogP contribution in [0.5, 0.6) is 0 Å². The van der Waals surface area contributed by atoms with E-state index in [4.69, 9.17) is 5.73 Å². The second-order valence-corrected chi connectivity index (χ2v) is 4.91. The fourth-order valence-corrected chi connectivity index (χ4v) is 1.90. The van der Waals surface area contributed by atoms with Crippen LogP contribution in [-0.4, -0.2) is 24.0 Å². The van der Waals surface area contributed by atoms with Gasteiger partial charge in [-0.25, -0.2) is 4.98 Å². The van der Waals surface area contributed by atoms with E-state index < -0.39 is 0 Å². The van der Waals surface area contributed by atoms with Gasteiger partial charge in [-0.3, -0.25) is 4.79 Å². The van der Waals surface area contributed by atoms with Crippen LogP contribution in [-0.2, 0) is 4.79 Å². The molecule has 0 saturated heterocycles. The highest BCUT2D eigenvalue weighted by molar-refractivity contribution is 5.91. The molecule has 1 aromatic heterocycles. The number of nitrogens with zero attached hydrogens (tertiary/aromatic N) is 1. The van der Waals surface area contributed by atoms with Gasteiger partial charge in [0.25, 0.3) is 0 Å². The van der Waals surface area contributed by atoms with E-state index in [1.807, 2.05) is 43.3 Å². The number of aromatic nitrogens is 1. The zero-order valence-corrected chi connectivity index (χ0v) is 12.5. The number of anilines is 2. The third-order valence-corrected chi connectivity index (χ3v) is 3.00. The maximum Gasteiger partial charge on any atom is 0.244 e. The lowest BCUT2D eigenvalue weighted by Crippen LogP contribution is -2.27. The lowest BCUT2D eigenvalue weighted by Gasteiger charge is -2.08. The van der Waals surface area contributed by atoms with Gasteiger partial charge in [-0.15, -0.1) is 0 Å². The van der Waals surface area contributed by atoms with Gasteiger partial charge in [0.15, 0.2) is 0 Å². The van der Waals surface area contributed by atoms with Gasteiger partial charge < -0.3 is 16.4 Å². The second kappa shape index (κ2) is 7.83. The molecular weight excluding hydrogens is 276 g/mol. The molecule has 0 fully saturated rings. The summed E-state index contributed by atoms with van der Waals surface area (Å²) in [7, 11) is 0. The molecule has 114 valence electrons. The predicted molar refractivity (Wildman–Crippen MR) is 90.4 cm³/mol. The molecule has 1 heterocycles. The van der Waals surface area contributed by atoms with Gasteiger partial charge in [0, 0.05) is 25.4 Å². The molecule has 0 aliphatic carbocycles. The number of rotatable bonds is 6. The van der Waals surface area contributed by atoms with E-state index >= 15 is 0 Å². The van der Waals surface area contributed by atoms with E-state index in [0.717, 1.165) is 11.1 Å². The summed E-state index contributed by atoms with van der Waals surface area (Å²) in [5.41, 5.74) is 8.47. The normalized spacial score (nSPS) is 10.6. The molecule has 1 amide bonds. The van der Waals surface area contributed by atoms with E-state index in [1.54, 1.807) is 12.3 Å². The van der Waals surface area contributed by atoms with Crippen molar-refractivity contribution in [3.05, 3.63) is 59.8 Å². The molecule has 22 heavy (non-hydrogen) atoms. The summed E-state index contributed by atoms with van der Waals surface area (Å²) in [4.78, 5) is 15.9. The Labute approximate surface area is 130 Å². The van der Waals surface area contributed by atoms with E-state index in [-0.39, 0.29) is 5.91 Å². The number of nitrogen functional groups attached to an aromatic ring is 1. The van der Waals surface area contributed by atoms with Crippen molar-refractivity contribution in [1.82, 2.24) is 10.3 Å². The molecular formula is C17H20N4O. The third kappa shape index (κ3) is 4.94. The van der Waals surface area contributed by atoms with Crippen LogP contribution in [0, 0.1) is 6.92 Å². The van der Waals surface area contributed by atoms with Crippen LogP contribution in [0.2, 0.25) is 0 Å². The number of aryl methyl sites for hydroxylation is 1. The monoisotopic (exact) mass is 296 g/mol. The molecule has 0 unspecified atom stereocenters. The molecule has 0 saturated carbocycles. The largest absolute Gasteiger partial charge is 0.396 e. The van der Waals surface area contributed by atoms with Crippen molar-refractivity contribution in [1.29, 1.82) is 0 Å². The molecule has 5 heteroatoms. The molecule has 0 aliphatic rings. The smallest absolute Gasteiger partial charge is 0.244 e. The van der Waals surface area contributed by atoms with Crippen LogP contribution in [0.3, 0.4) is 0 Å². The topological polar surface area (TPSA) is 80.0 Å². The standard InChI is InChI=1S/C17H20N4O/c1-13-11-15(18)17(21-12-13)20-10-9-19-16(22)8-7-14-5-3-2-4-6-14/h2-8,11-12H,9-10,18H2,1H3,(H,19,22)(H,20,21)/b8-7+. The van der Waals surface area contributed by atoms with Crippen LogP contribution in [0.25, 0.3) is 6.08 Å². The fraction of sp³-hybridized carbons (Fsp3) is 0.176. The summed E-state index contributed by atoms with van der Waals surface area (Å²) in [5.74, 6) is 0.509. The highest BCUT2D eigenvalue weighted by Crippen LogP contribution is 2.14. The van der Waals surface area contributed by atoms with E-state index in [2.05, 4.69) is 15.6 Å². The lowest BCUT2D eigenvalue weighted by atomic mass is 10.2. The first kappa shape index (κ1) is 15.6. The van der Waals surface area contributed by atoms with Gasteiger partial charge >= 0.3 is 0 Å². The highest BCUT2D eigenvalue weighted by Gasteiger charge is 2.00. The quantitative estimate of drug-likeness (QED) is 0.564. The van der Waals surface area contributed by atoms with Gasteiger partial charge in [-0.1, -0.05) is 30.3 Å². The van der Waals surface area contributed by atoms with Crippen molar-refractivity contribution >= 4 is 23.5 Å². The summed E-state index contributed by atoms with van der Waals surface area (Å²) in [6.45, 7) is 2.99. The molecule has 2 aromatic rings. The number of amides is 1. The number of benzene rings is 1. The van der Waals surface area contributed by atoms with Crippen molar-refractivity contribution < 1.29 is 4.79 Å². The summed E-state index contributed by atoms with van der Waals surface area (Å²) in [5, 5.41) is 5.89. The Morgan fingerprint density at radius 1 is 1.27 bits per heavy atom. The molecule has 4 N–H and O–H groups in total. The van der Waals surface area contributed by atoms with Gasteiger partial charge in [-0.05, 0) is 30.2 Å². The maximum absolute atomic E-state index is 11.7. The minimum Gasteiger partial charge on any atom is -0.396 e. The molecule has 0 radical (unpaired) electrons. The van der Waals surface area contributed by atoms with Gasteiger partial charge in [0.05, 0.1) is 5.69 Å². The van der Waals surface area contributed by atoms with Crippen molar-refractivity contribution in [2.24, 2.45) is 0 Å². The van der Waals surface area contributed by atoms with Crippen LogP contribution in [0.15, 0.2) is 48.7 Å². The Morgan fingerprint density at radius 3 is 2.77 bits per heavy atom. The predicted octanol–water partition coefficient (Wildman–Crippen LogP) is 2.21. The molecule has 5 nitrogen and oxygen atoms in total. The SMILES string of the molecule is Cc1cnc(NCCNC(=O)/C=C/c2ccccc2)c(N)c1. The average molecular weight is 296 g/mol. The maximum atomic E-state index is 11.7. The van der Waals surface area contributed by atoms with Gasteiger partial charge in [-0.2, -0.15) is 0 Å². The van der Waals surface area contributed by atoms with Crippen LogP contribution < -0.4 is 16.4 Å². The Morgan fingerprint density at radius 2 is 2.05 bits per heavy atom. The zero-order valence-electron chi connectivity index (χ0n) is 12.5. The molecule has 1 aromatic carbocycles. The Bertz CT molecular complexity index is 653. The number of pyridine rings is 1. The lowest BCUT2D eigenvalue weighted by molar-refractivity contribution is -0.116. The van der Waals surface area contributed by atoms with Crippen LogP contribution >= 0.6 is 0 Å². The highest BCUT2D eigenvalue weighted by atomic mass is 16.1. The first-order valence-electron chi connectivity index (χ1n) is 7.12. The van der Waals surface area contributed by atoms with E-state index in [9.17, 15) is 4.79 Å². The molecule has 0 bridgehead atoms. The number of carbonyl (C=O) groups is 1. The number of nitrogens with one attached hydrogen (secondary N) is 2. The van der Waals surface area contributed by atoms with Crippen LogP contribution in [0.4, 0.5) is 11.5 Å². The minimum absolute atomic E-state index is 0.129. The first-order valence-corrected chi connectivity index (χ1v) is 7.12. The number of hydrogen-bond acceptors (Lipinski definition) is 4. The summed E-state index contributed by atoms with van der Waals surface area (Å²) in [6, 6.07) is 11.5. The molecule has 0 aliphatic heterocycles. The summed E-state index contributed by atoms with van der Waals surface area (Å²) >= 11 is 0. The van der Waals surface area contributed by atoms with Crippen molar-refractivity contribution in [3.63, 3.8) is 0 Å². The molecule has 2 rings (SSSR count). The minimum atomic E-state index is -0.129. The van der Waals surface area contributed by atoms with Crippen molar-refractivity contribution in [3.8, 4) is 0 Å². The number of nitrogens with two attached hydrogens (primary N) is 1. The average Bonchev–Trinajstić information content (AvgIpc) is 2.52. The van der Waals surface area contributed by atoms with Crippen molar-refractivity contribution in [2.45, 2.75) is 6.92 Å². The first-order chi connectivity index (χ1) is 10.6.